The fraction of sp³-hybridized carbons (Fsp3) is 0.261. The summed E-state index contributed by atoms with van der Waals surface area (Å²) in [4.78, 5) is 13.0. The van der Waals surface area contributed by atoms with Crippen molar-refractivity contribution in [3.63, 3.8) is 0 Å². The smallest absolute Gasteiger partial charge is 0.142 e. The molecule has 0 saturated carbocycles. The van der Waals surface area contributed by atoms with E-state index in [1.165, 1.54) is 17.5 Å². The Morgan fingerprint density at radius 3 is 2.58 bits per heavy atom. The summed E-state index contributed by atoms with van der Waals surface area (Å²) in [5.41, 5.74) is 2.11. The molecule has 2 nitrogen and oxygen atoms in total. The minimum absolute atomic E-state index is 0.0688. The van der Waals surface area contributed by atoms with Gasteiger partial charge in [0.2, 0.25) is 0 Å². The van der Waals surface area contributed by atoms with E-state index in [2.05, 4.69) is 29.6 Å². The van der Waals surface area contributed by atoms with Crippen molar-refractivity contribution in [2.75, 3.05) is 13.1 Å². The van der Waals surface area contributed by atoms with Crippen molar-refractivity contribution in [2.24, 2.45) is 5.92 Å². The van der Waals surface area contributed by atoms with Gasteiger partial charge in [0.15, 0.2) is 0 Å². The molecule has 1 aliphatic rings. The Bertz CT molecular complexity index is 919. The molecule has 1 N–H and O–H groups in total. The summed E-state index contributed by atoms with van der Waals surface area (Å²) in [7, 11) is 0. The molecular formula is C23H22FNO. The highest BCUT2D eigenvalue weighted by atomic mass is 19.1. The van der Waals surface area contributed by atoms with E-state index in [-0.39, 0.29) is 23.4 Å². The number of halogens is 1. The van der Waals surface area contributed by atoms with Gasteiger partial charge in [-0.15, -0.1) is 0 Å². The first-order valence-corrected chi connectivity index (χ1v) is 9.17. The molecule has 0 radical (unpaired) electrons. The molecule has 0 aromatic heterocycles. The fourth-order valence-electron chi connectivity index (χ4n) is 3.99. The maximum atomic E-state index is 13.2. The molecule has 1 fully saturated rings. The second kappa shape index (κ2) is 7.38. The van der Waals surface area contributed by atoms with Crippen LogP contribution in [-0.4, -0.2) is 18.9 Å². The molecular weight excluding hydrogens is 325 g/mol. The van der Waals surface area contributed by atoms with Crippen molar-refractivity contribution >= 4 is 16.6 Å². The van der Waals surface area contributed by atoms with Crippen molar-refractivity contribution in [1.82, 2.24) is 5.32 Å². The number of carbonyl (C=O) groups is 1. The fourth-order valence-corrected chi connectivity index (χ4v) is 3.99. The molecule has 2 unspecified atom stereocenters. The van der Waals surface area contributed by atoms with Crippen molar-refractivity contribution in [3.8, 4) is 0 Å². The van der Waals surface area contributed by atoms with Crippen LogP contribution in [0, 0.1) is 11.7 Å². The SMILES string of the molecule is O=C(Cc1ccc2ccccc2c1)C1CNCCC1c1ccc(F)cc1. The number of carbonyl (C=O) groups excluding carboxylic acids is 1. The van der Waals surface area contributed by atoms with Crippen molar-refractivity contribution in [3.05, 3.63) is 83.7 Å². The summed E-state index contributed by atoms with van der Waals surface area (Å²) < 4.78 is 13.2. The van der Waals surface area contributed by atoms with E-state index >= 15 is 0 Å². The Balaban J connectivity index is 1.55. The van der Waals surface area contributed by atoms with Crippen LogP contribution in [0.15, 0.2) is 66.7 Å². The Morgan fingerprint density at radius 2 is 1.77 bits per heavy atom. The third-order valence-electron chi connectivity index (χ3n) is 5.39. The molecule has 1 heterocycles. The normalized spacial score (nSPS) is 20.2. The van der Waals surface area contributed by atoms with Gasteiger partial charge in [0, 0.05) is 18.9 Å². The number of hydrogen-bond acceptors (Lipinski definition) is 2. The zero-order chi connectivity index (χ0) is 17.9. The molecule has 0 aliphatic carbocycles. The monoisotopic (exact) mass is 347 g/mol. The highest BCUT2D eigenvalue weighted by Gasteiger charge is 2.31. The lowest BCUT2D eigenvalue weighted by atomic mass is 9.77. The largest absolute Gasteiger partial charge is 0.316 e. The van der Waals surface area contributed by atoms with Gasteiger partial charge in [-0.05, 0) is 52.9 Å². The van der Waals surface area contributed by atoms with E-state index in [1.807, 2.05) is 30.3 Å². The molecule has 132 valence electrons. The van der Waals surface area contributed by atoms with E-state index < -0.39 is 0 Å². The van der Waals surface area contributed by atoms with Gasteiger partial charge >= 0.3 is 0 Å². The van der Waals surface area contributed by atoms with Crippen molar-refractivity contribution < 1.29 is 9.18 Å². The van der Waals surface area contributed by atoms with Gasteiger partial charge < -0.3 is 5.32 Å². The predicted octanol–water partition coefficient (Wildman–Crippen LogP) is 4.48. The zero-order valence-corrected chi connectivity index (χ0v) is 14.6. The van der Waals surface area contributed by atoms with E-state index in [4.69, 9.17) is 0 Å². The van der Waals surface area contributed by atoms with Crippen LogP contribution in [-0.2, 0) is 11.2 Å². The number of benzene rings is 3. The number of Topliss-reactive ketones (excluding diaryl/α,β-unsaturated/α-hetero) is 1. The predicted molar refractivity (Wildman–Crippen MR) is 103 cm³/mol. The maximum absolute atomic E-state index is 13.2. The number of ketones is 1. The van der Waals surface area contributed by atoms with Crippen LogP contribution in [0.4, 0.5) is 4.39 Å². The number of nitrogens with one attached hydrogen (secondary N) is 1. The molecule has 1 saturated heterocycles. The third kappa shape index (κ3) is 3.54. The van der Waals surface area contributed by atoms with Gasteiger partial charge in [-0.2, -0.15) is 0 Å². The van der Waals surface area contributed by atoms with Crippen molar-refractivity contribution in [2.45, 2.75) is 18.8 Å². The minimum atomic E-state index is -0.235. The Kier molecular flexibility index (Phi) is 4.81. The highest BCUT2D eigenvalue weighted by Crippen LogP contribution is 2.32. The second-order valence-corrected chi connectivity index (χ2v) is 7.08. The van der Waals surface area contributed by atoms with E-state index in [1.54, 1.807) is 0 Å². The van der Waals surface area contributed by atoms with E-state index in [9.17, 15) is 9.18 Å². The van der Waals surface area contributed by atoms with Crippen LogP contribution in [0.25, 0.3) is 10.8 Å². The molecule has 4 rings (SSSR count). The van der Waals surface area contributed by atoms with Crippen LogP contribution in [0.1, 0.15) is 23.5 Å². The lowest BCUT2D eigenvalue weighted by Gasteiger charge is -2.31. The molecule has 3 heteroatoms. The Morgan fingerprint density at radius 1 is 1.00 bits per heavy atom. The van der Waals surface area contributed by atoms with E-state index in [0.29, 0.717) is 13.0 Å². The molecule has 1 aliphatic heterocycles. The number of piperidine rings is 1. The summed E-state index contributed by atoms with van der Waals surface area (Å²) in [6.07, 6.45) is 1.34. The molecule has 3 aromatic rings. The first-order valence-electron chi connectivity index (χ1n) is 9.17. The van der Waals surface area contributed by atoms with Gasteiger partial charge in [0.05, 0.1) is 0 Å². The first-order chi connectivity index (χ1) is 12.7. The quantitative estimate of drug-likeness (QED) is 0.754. The Labute approximate surface area is 153 Å². The van der Waals surface area contributed by atoms with Crippen LogP contribution in [0.2, 0.25) is 0 Å². The zero-order valence-electron chi connectivity index (χ0n) is 14.6. The first kappa shape index (κ1) is 16.9. The molecule has 3 aromatic carbocycles. The van der Waals surface area contributed by atoms with Gasteiger partial charge in [0.1, 0.15) is 11.6 Å². The molecule has 2 atom stereocenters. The topological polar surface area (TPSA) is 29.1 Å². The molecule has 0 bridgehead atoms. The van der Waals surface area contributed by atoms with Crippen LogP contribution < -0.4 is 5.32 Å². The highest BCUT2D eigenvalue weighted by molar-refractivity contribution is 5.87. The third-order valence-corrected chi connectivity index (χ3v) is 5.39. The summed E-state index contributed by atoms with van der Waals surface area (Å²) in [6.45, 7) is 1.58. The average molecular weight is 347 g/mol. The standard InChI is InChI=1S/C23H22FNO/c24-20-9-7-18(8-10-20)21-11-12-25-15-22(21)23(26)14-16-5-6-17-3-1-2-4-19(17)13-16/h1-10,13,21-22,25H,11-12,14-15H2. The number of rotatable bonds is 4. The summed E-state index contributed by atoms with van der Waals surface area (Å²) >= 11 is 0. The molecule has 0 spiro atoms. The van der Waals surface area contributed by atoms with Crippen LogP contribution in [0.5, 0.6) is 0 Å². The van der Waals surface area contributed by atoms with Gasteiger partial charge in [-0.25, -0.2) is 4.39 Å². The minimum Gasteiger partial charge on any atom is -0.316 e. The number of fused-ring (bicyclic) bond motifs is 1. The molecule has 0 amide bonds. The number of hydrogen-bond donors (Lipinski definition) is 1. The van der Waals surface area contributed by atoms with Gasteiger partial charge in [-0.3, -0.25) is 4.79 Å². The average Bonchev–Trinajstić information content (AvgIpc) is 2.68. The maximum Gasteiger partial charge on any atom is 0.142 e. The molecule has 26 heavy (non-hydrogen) atoms. The summed E-state index contributed by atoms with van der Waals surface area (Å²) in [6, 6.07) is 21.0. The van der Waals surface area contributed by atoms with E-state index in [0.717, 1.165) is 29.5 Å². The van der Waals surface area contributed by atoms with Crippen LogP contribution >= 0.6 is 0 Å². The van der Waals surface area contributed by atoms with Gasteiger partial charge in [-0.1, -0.05) is 54.6 Å². The lowest BCUT2D eigenvalue weighted by Crippen LogP contribution is -2.40. The summed E-state index contributed by atoms with van der Waals surface area (Å²) in [5.74, 6) is 0.106. The second-order valence-electron chi connectivity index (χ2n) is 7.08. The van der Waals surface area contributed by atoms with Gasteiger partial charge in [0.25, 0.3) is 0 Å². The Hall–Kier alpha value is -2.52. The lowest BCUT2D eigenvalue weighted by molar-refractivity contribution is -0.123. The van der Waals surface area contributed by atoms with Crippen LogP contribution in [0.3, 0.4) is 0 Å². The van der Waals surface area contributed by atoms with Crippen molar-refractivity contribution in [1.29, 1.82) is 0 Å². The summed E-state index contributed by atoms with van der Waals surface area (Å²) in [5, 5.41) is 5.70.